The molecule has 1 aromatic carbocycles. The molecule has 0 aliphatic carbocycles. The number of hydrogen-bond donors (Lipinski definition) is 2. The minimum atomic E-state index is 0.820. The van der Waals surface area contributed by atoms with Crippen LogP contribution in [0.5, 0.6) is 5.75 Å². The van der Waals surface area contributed by atoms with E-state index >= 15 is 0 Å². The molecule has 3 rings (SSSR count). The van der Waals surface area contributed by atoms with Crippen molar-refractivity contribution in [2.45, 2.75) is 6.54 Å². The molecular formula is C13H13N3O. The number of nitrogens with zero attached hydrogens (tertiary/aromatic N) is 1. The fourth-order valence-electron chi connectivity index (χ4n) is 1.91. The minimum Gasteiger partial charge on any atom is -0.497 e. The first-order chi connectivity index (χ1) is 8.36. The molecule has 0 fully saturated rings. The van der Waals surface area contributed by atoms with Gasteiger partial charge in [0.25, 0.3) is 0 Å². The Balaban J connectivity index is 2.03. The zero-order valence-corrected chi connectivity index (χ0v) is 9.53. The summed E-state index contributed by atoms with van der Waals surface area (Å²) in [6, 6.07) is 12.0. The predicted molar refractivity (Wildman–Crippen MR) is 66.7 cm³/mol. The normalized spacial score (nSPS) is 13.0. The quantitative estimate of drug-likeness (QED) is 0.825. The van der Waals surface area contributed by atoms with E-state index in [1.807, 2.05) is 30.3 Å². The molecule has 2 N–H and O–H groups in total. The molecule has 0 saturated carbocycles. The van der Waals surface area contributed by atoms with Crippen LogP contribution in [0, 0.1) is 0 Å². The average Bonchev–Trinajstić information content (AvgIpc) is 2.86. The molecule has 1 aliphatic rings. The summed E-state index contributed by atoms with van der Waals surface area (Å²) < 4.78 is 5.21. The van der Waals surface area contributed by atoms with Crippen molar-refractivity contribution in [3.8, 4) is 17.0 Å². The Morgan fingerprint density at radius 3 is 3.06 bits per heavy atom. The molecule has 0 bridgehead atoms. The van der Waals surface area contributed by atoms with Crippen LogP contribution in [0.2, 0.25) is 0 Å². The first kappa shape index (κ1) is 10.1. The summed E-state index contributed by atoms with van der Waals surface area (Å²) in [6.45, 7) is 0.820. The third kappa shape index (κ3) is 1.83. The lowest BCUT2D eigenvalue weighted by molar-refractivity contribution is 0.415. The zero-order valence-electron chi connectivity index (χ0n) is 9.53. The van der Waals surface area contributed by atoms with Crippen molar-refractivity contribution in [2.75, 3.05) is 12.5 Å². The molecule has 0 spiro atoms. The van der Waals surface area contributed by atoms with Crippen molar-refractivity contribution in [3.63, 3.8) is 0 Å². The summed E-state index contributed by atoms with van der Waals surface area (Å²) in [5.74, 6) is 1.75. The molecule has 0 unspecified atom stereocenters. The standard InChI is InChI=1S/C13H13N3O/c1-17-11-4-2-3-9(7-11)12-6-5-10-8-14-16-13(10)15-12/h2-7,14H,8H2,1H3,(H,15,16). The summed E-state index contributed by atoms with van der Waals surface area (Å²) in [5.41, 5.74) is 9.29. The molecule has 4 heteroatoms. The Morgan fingerprint density at radius 1 is 1.24 bits per heavy atom. The molecule has 2 heterocycles. The van der Waals surface area contributed by atoms with Crippen molar-refractivity contribution >= 4 is 5.82 Å². The molecule has 2 aromatic rings. The summed E-state index contributed by atoms with van der Waals surface area (Å²) in [5, 5.41) is 0. The Labute approximate surface area is 99.6 Å². The molecule has 4 nitrogen and oxygen atoms in total. The lowest BCUT2D eigenvalue weighted by Crippen LogP contribution is -2.11. The van der Waals surface area contributed by atoms with Crippen molar-refractivity contribution in [2.24, 2.45) is 0 Å². The summed E-state index contributed by atoms with van der Waals surface area (Å²) >= 11 is 0. The maximum atomic E-state index is 5.21. The number of hydrazine groups is 1. The topological polar surface area (TPSA) is 46.2 Å². The van der Waals surface area contributed by atoms with Crippen LogP contribution in [0.1, 0.15) is 5.56 Å². The highest BCUT2D eigenvalue weighted by molar-refractivity contribution is 5.64. The Bertz CT molecular complexity index is 554. The van der Waals surface area contributed by atoms with Crippen LogP contribution in [0.15, 0.2) is 36.4 Å². The third-order valence-corrected chi connectivity index (χ3v) is 2.83. The van der Waals surface area contributed by atoms with Crippen LogP contribution in [0.25, 0.3) is 11.3 Å². The van der Waals surface area contributed by atoms with Gasteiger partial charge in [-0.05, 0) is 18.2 Å². The average molecular weight is 227 g/mol. The van der Waals surface area contributed by atoms with Gasteiger partial charge in [0, 0.05) is 17.7 Å². The summed E-state index contributed by atoms with van der Waals surface area (Å²) in [6.07, 6.45) is 0. The van der Waals surface area contributed by atoms with Crippen LogP contribution >= 0.6 is 0 Å². The number of fused-ring (bicyclic) bond motifs is 1. The number of aromatic nitrogens is 1. The van der Waals surface area contributed by atoms with Crippen molar-refractivity contribution in [1.29, 1.82) is 0 Å². The Morgan fingerprint density at radius 2 is 2.18 bits per heavy atom. The van der Waals surface area contributed by atoms with Crippen molar-refractivity contribution < 1.29 is 4.74 Å². The first-order valence-corrected chi connectivity index (χ1v) is 5.50. The van der Waals surface area contributed by atoms with Gasteiger partial charge in [0.2, 0.25) is 0 Å². The lowest BCUT2D eigenvalue weighted by atomic mass is 10.1. The van der Waals surface area contributed by atoms with Crippen LogP contribution in [-0.4, -0.2) is 12.1 Å². The maximum Gasteiger partial charge on any atom is 0.145 e. The second-order valence-corrected chi connectivity index (χ2v) is 3.91. The van der Waals surface area contributed by atoms with Gasteiger partial charge in [-0.1, -0.05) is 18.2 Å². The Hall–Kier alpha value is -2.07. The number of rotatable bonds is 2. The number of pyridine rings is 1. The Kier molecular flexibility index (Phi) is 2.42. The molecule has 17 heavy (non-hydrogen) atoms. The van der Waals surface area contributed by atoms with Crippen LogP contribution in [0.4, 0.5) is 5.82 Å². The number of anilines is 1. The van der Waals surface area contributed by atoms with E-state index in [0.717, 1.165) is 29.4 Å². The first-order valence-electron chi connectivity index (χ1n) is 5.50. The summed E-state index contributed by atoms with van der Waals surface area (Å²) in [7, 11) is 1.67. The van der Waals surface area contributed by atoms with Crippen molar-refractivity contribution in [1.82, 2.24) is 10.4 Å². The highest BCUT2D eigenvalue weighted by Gasteiger charge is 2.12. The monoisotopic (exact) mass is 227 g/mol. The molecule has 0 atom stereocenters. The molecule has 0 radical (unpaired) electrons. The second-order valence-electron chi connectivity index (χ2n) is 3.91. The van der Waals surface area contributed by atoms with Gasteiger partial charge in [-0.25, -0.2) is 10.4 Å². The molecular weight excluding hydrogens is 214 g/mol. The number of hydrogen-bond acceptors (Lipinski definition) is 4. The van der Waals surface area contributed by atoms with Crippen LogP contribution in [0.3, 0.4) is 0 Å². The molecule has 0 saturated heterocycles. The summed E-state index contributed by atoms with van der Waals surface area (Å²) in [4.78, 5) is 4.57. The second kappa shape index (κ2) is 4.07. The number of benzene rings is 1. The largest absolute Gasteiger partial charge is 0.497 e. The van der Waals surface area contributed by atoms with Gasteiger partial charge < -0.3 is 10.2 Å². The smallest absolute Gasteiger partial charge is 0.145 e. The van der Waals surface area contributed by atoms with E-state index in [9.17, 15) is 0 Å². The van der Waals surface area contributed by atoms with Crippen LogP contribution in [-0.2, 0) is 6.54 Å². The predicted octanol–water partition coefficient (Wildman–Crippen LogP) is 2.19. The van der Waals surface area contributed by atoms with E-state index in [1.54, 1.807) is 7.11 Å². The maximum absolute atomic E-state index is 5.21. The van der Waals surface area contributed by atoms with Crippen LogP contribution < -0.4 is 15.6 Å². The van der Waals surface area contributed by atoms with Gasteiger partial charge in [0.1, 0.15) is 11.6 Å². The van der Waals surface area contributed by atoms with E-state index in [4.69, 9.17) is 4.74 Å². The highest BCUT2D eigenvalue weighted by Crippen LogP contribution is 2.26. The number of ether oxygens (including phenoxy) is 1. The van der Waals surface area contributed by atoms with E-state index < -0.39 is 0 Å². The van der Waals surface area contributed by atoms with Gasteiger partial charge in [-0.15, -0.1) is 0 Å². The SMILES string of the molecule is COc1cccc(-c2ccc3c(n2)NNC3)c1. The number of nitrogens with one attached hydrogen (secondary N) is 2. The van der Waals surface area contributed by atoms with E-state index in [-0.39, 0.29) is 0 Å². The molecule has 1 aliphatic heterocycles. The van der Waals surface area contributed by atoms with E-state index in [0.29, 0.717) is 0 Å². The number of methoxy groups -OCH3 is 1. The minimum absolute atomic E-state index is 0.820. The van der Waals surface area contributed by atoms with Crippen molar-refractivity contribution in [3.05, 3.63) is 42.0 Å². The molecule has 86 valence electrons. The zero-order chi connectivity index (χ0) is 11.7. The third-order valence-electron chi connectivity index (χ3n) is 2.83. The lowest BCUT2D eigenvalue weighted by Gasteiger charge is -2.05. The molecule has 1 aromatic heterocycles. The fraction of sp³-hybridized carbons (Fsp3) is 0.154. The van der Waals surface area contributed by atoms with Gasteiger partial charge in [-0.3, -0.25) is 0 Å². The molecule has 0 amide bonds. The fourth-order valence-corrected chi connectivity index (χ4v) is 1.91. The van der Waals surface area contributed by atoms with E-state index in [1.165, 1.54) is 5.56 Å². The highest BCUT2D eigenvalue weighted by atomic mass is 16.5. The van der Waals surface area contributed by atoms with E-state index in [2.05, 4.69) is 21.9 Å². The van der Waals surface area contributed by atoms with Gasteiger partial charge in [0.15, 0.2) is 0 Å². The van der Waals surface area contributed by atoms with Gasteiger partial charge >= 0.3 is 0 Å². The van der Waals surface area contributed by atoms with Gasteiger partial charge in [0.05, 0.1) is 12.8 Å². The van der Waals surface area contributed by atoms with Gasteiger partial charge in [-0.2, -0.15) is 0 Å².